The molecule has 0 aliphatic carbocycles. The molecule has 0 aliphatic rings. The van der Waals surface area contributed by atoms with Crippen LogP contribution in [0.25, 0.3) is 0 Å². The highest BCUT2D eigenvalue weighted by molar-refractivity contribution is 6.31. The van der Waals surface area contributed by atoms with Crippen molar-refractivity contribution in [1.29, 1.82) is 0 Å². The summed E-state index contributed by atoms with van der Waals surface area (Å²) >= 11 is 5.93. The maximum atomic E-state index is 13.0. The number of halogens is 2. The number of hydrogen-bond donors (Lipinski definition) is 1. The minimum Gasteiger partial charge on any atom is -0.386 e. The van der Waals surface area contributed by atoms with Gasteiger partial charge in [0.2, 0.25) is 0 Å². The minimum absolute atomic E-state index is 0.244. The Morgan fingerprint density at radius 1 is 1.47 bits per heavy atom. The summed E-state index contributed by atoms with van der Waals surface area (Å²) < 4.78 is 14.6. The van der Waals surface area contributed by atoms with E-state index in [0.29, 0.717) is 16.3 Å². The molecule has 0 fully saturated rings. The van der Waals surface area contributed by atoms with Gasteiger partial charge in [0.05, 0.1) is 5.69 Å². The molecular weight excluding hydrogens is 243 g/mol. The Hall–Kier alpha value is -1.39. The maximum Gasteiger partial charge on any atom is 0.123 e. The van der Waals surface area contributed by atoms with Gasteiger partial charge in [-0.25, -0.2) is 4.39 Å². The molecule has 0 bridgehead atoms. The van der Waals surface area contributed by atoms with Crippen molar-refractivity contribution < 1.29 is 9.50 Å². The van der Waals surface area contributed by atoms with Gasteiger partial charge in [-0.1, -0.05) is 11.6 Å². The van der Waals surface area contributed by atoms with E-state index in [2.05, 4.69) is 5.10 Å². The van der Waals surface area contributed by atoms with Gasteiger partial charge in [-0.15, -0.1) is 0 Å². The standard InChI is InChI=1S/C12H12ClFN2O/c1-16-5-4-11(15-16)12(17)7-8-6-9(14)2-3-10(8)13/h2-6,12,17H,7H2,1H3. The summed E-state index contributed by atoms with van der Waals surface area (Å²) in [6, 6.07) is 5.82. The van der Waals surface area contributed by atoms with Gasteiger partial charge in [-0.3, -0.25) is 4.68 Å². The molecule has 17 heavy (non-hydrogen) atoms. The number of nitrogens with zero attached hydrogens (tertiary/aromatic N) is 2. The molecule has 1 aromatic carbocycles. The average molecular weight is 255 g/mol. The second-order valence-electron chi connectivity index (χ2n) is 3.87. The molecule has 0 radical (unpaired) electrons. The van der Waals surface area contributed by atoms with Crippen molar-refractivity contribution in [3.05, 3.63) is 52.6 Å². The normalized spacial score (nSPS) is 12.7. The maximum absolute atomic E-state index is 13.0. The number of aromatic nitrogens is 2. The van der Waals surface area contributed by atoms with Gasteiger partial charge in [0.1, 0.15) is 11.9 Å². The monoisotopic (exact) mass is 254 g/mol. The van der Waals surface area contributed by atoms with Gasteiger partial charge in [0.15, 0.2) is 0 Å². The Balaban J connectivity index is 2.18. The molecule has 0 amide bonds. The van der Waals surface area contributed by atoms with Gasteiger partial charge >= 0.3 is 0 Å². The molecule has 0 saturated carbocycles. The Labute approximate surface area is 103 Å². The fraction of sp³-hybridized carbons (Fsp3) is 0.250. The van der Waals surface area contributed by atoms with E-state index in [9.17, 15) is 9.50 Å². The zero-order chi connectivity index (χ0) is 12.4. The van der Waals surface area contributed by atoms with Crippen LogP contribution in [0.2, 0.25) is 5.02 Å². The molecule has 1 aromatic heterocycles. The molecule has 1 unspecified atom stereocenters. The molecule has 2 rings (SSSR count). The Morgan fingerprint density at radius 2 is 2.24 bits per heavy atom. The second kappa shape index (κ2) is 4.85. The Bertz CT molecular complexity index is 527. The van der Waals surface area contributed by atoms with E-state index in [1.807, 2.05) is 0 Å². The highest BCUT2D eigenvalue weighted by Crippen LogP contribution is 2.23. The number of aliphatic hydroxyl groups is 1. The van der Waals surface area contributed by atoms with Gasteiger partial charge in [-0.2, -0.15) is 5.10 Å². The van der Waals surface area contributed by atoms with E-state index < -0.39 is 6.10 Å². The summed E-state index contributed by atoms with van der Waals surface area (Å²) in [5.74, 6) is -0.363. The fourth-order valence-electron chi connectivity index (χ4n) is 1.62. The lowest BCUT2D eigenvalue weighted by Gasteiger charge is -2.09. The van der Waals surface area contributed by atoms with E-state index in [1.54, 1.807) is 24.0 Å². The number of rotatable bonds is 3. The molecule has 90 valence electrons. The summed E-state index contributed by atoms with van der Waals surface area (Å²) in [6.07, 6.45) is 1.20. The van der Waals surface area contributed by atoms with Gasteiger partial charge in [0.25, 0.3) is 0 Å². The minimum atomic E-state index is -0.782. The molecule has 1 heterocycles. The first-order valence-electron chi connectivity index (χ1n) is 5.18. The van der Waals surface area contributed by atoms with Crippen LogP contribution in [0, 0.1) is 5.82 Å². The zero-order valence-corrected chi connectivity index (χ0v) is 10.0. The third kappa shape index (κ3) is 2.84. The zero-order valence-electron chi connectivity index (χ0n) is 9.27. The van der Waals surface area contributed by atoms with Gasteiger partial charge < -0.3 is 5.11 Å². The van der Waals surface area contributed by atoms with E-state index in [4.69, 9.17) is 11.6 Å². The SMILES string of the molecule is Cn1ccc(C(O)Cc2cc(F)ccc2Cl)n1. The van der Waals surface area contributed by atoms with Crippen molar-refractivity contribution >= 4 is 11.6 Å². The summed E-state index contributed by atoms with van der Waals surface area (Å²) in [4.78, 5) is 0. The number of aliphatic hydroxyl groups excluding tert-OH is 1. The first-order chi connectivity index (χ1) is 8.06. The van der Waals surface area contributed by atoms with E-state index in [0.717, 1.165) is 0 Å². The Morgan fingerprint density at radius 3 is 2.88 bits per heavy atom. The molecular formula is C12H12ClFN2O. The van der Waals surface area contributed by atoms with E-state index in [1.165, 1.54) is 18.2 Å². The van der Waals surface area contributed by atoms with Crippen LogP contribution in [0.3, 0.4) is 0 Å². The van der Waals surface area contributed by atoms with Gasteiger partial charge in [-0.05, 0) is 29.8 Å². The van der Waals surface area contributed by atoms with Crippen LogP contribution < -0.4 is 0 Å². The number of benzene rings is 1. The van der Waals surface area contributed by atoms with Crippen LogP contribution >= 0.6 is 11.6 Å². The van der Waals surface area contributed by atoms with E-state index in [-0.39, 0.29) is 12.2 Å². The van der Waals surface area contributed by atoms with Crippen LogP contribution in [0.1, 0.15) is 17.4 Å². The molecule has 0 aliphatic heterocycles. The lowest BCUT2D eigenvalue weighted by molar-refractivity contribution is 0.172. The van der Waals surface area contributed by atoms with Crippen molar-refractivity contribution in [3.63, 3.8) is 0 Å². The smallest absolute Gasteiger partial charge is 0.123 e. The first kappa shape index (κ1) is 12.1. The molecule has 0 saturated heterocycles. The predicted octanol–water partition coefficient (Wildman–Crippen LogP) is 2.49. The molecule has 5 heteroatoms. The largest absolute Gasteiger partial charge is 0.386 e. The van der Waals surface area contributed by atoms with Crippen LogP contribution in [0.15, 0.2) is 30.5 Å². The lowest BCUT2D eigenvalue weighted by atomic mass is 10.1. The lowest BCUT2D eigenvalue weighted by Crippen LogP contribution is -2.04. The summed E-state index contributed by atoms with van der Waals surface area (Å²) in [6.45, 7) is 0. The molecule has 1 atom stereocenters. The molecule has 0 spiro atoms. The fourth-order valence-corrected chi connectivity index (χ4v) is 1.82. The number of hydrogen-bond acceptors (Lipinski definition) is 2. The highest BCUT2D eigenvalue weighted by atomic mass is 35.5. The van der Waals surface area contributed by atoms with Crippen LogP contribution in [0.4, 0.5) is 4.39 Å². The molecule has 3 nitrogen and oxygen atoms in total. The summed E-state index contributed by atoms with van der Waals surface area (Å²) in [5.41, 5.74) is 1.12. The van der Waals surface area contributed by atoms with Crippen molar-refractivity contribution in [2.24, 2.45) is 7.05 Å². The van der Waals surface area contributed by atoms with Crippen LogP contribution in [-0.4, -0.2) is 14.9 Å². The van der Waals surface area contributed by atoms with Crippen molar-refractivity contribution in [2.45, 2.75) is 12.5 Å². The molecule has 2 aromatic rings. The average Bonchev–Trinajstić information content (AvgIpc) is 2.70. The van der Waals surface area contributed by atoms with Crippen molar-refractivity contribution in [3.8, 4) is 0 Å². The van der Waals surface area contributed by atoms with Crippen molar-refractivity contribution in [1.82, 2.24) is 9.78 Å². The number of aryl methyl sites for hydroxylation is 1. The Kier molecular flexibility index (Phi) is 3.45. The predicted molar refractivity (Wildman–Crippen MR) is 63.3 cm³/mol. The van der Waals surface area contributed by atoms with Gasteiger partial charge in [0, 0.05) is 24.7 Å². The second-order valence-corrected chi connectivity index (χ2v) is 4.28. The van der Waals surface area contributed by atoms with E-state index >= 15 is 0 Å². The quantitative estimate of drug-likeness (QED) is 0.914. The van der Waals surface area contributed by atoms with Crippen molar-refractivity contribution in [2.75, 3.05) is 0 Å². The third-order valence-electron chi connectivity index (χ3n) is 2.50. The summed E-state index contributed by atoms with van der Waals surface area (Å²) in [7, 11) is 1.77. The topological polar surface area (TPSA) is 38.0 Å². The van der Waals surface area contributed by atoms with Crippen LogP contribution in [0.5, 0.6) is 0 Å². The molecule has 1 N–H and O–H groups in total. The first-order valence-corrected chi connectivity index (χ1v) is 5.55. The summed E-state index contributed by atoms with van der Waals surface area (Å²) in [5, 5.41) is 14.5. The highest BCUT2D eigenvalue weighted by Gasteiger charge is 2.13. The van der Waals surface area contributed by atoms with Crippen LogP contribution in [-0.2, 0) is 13.5 Å². The third-order valence-corrected chi connectivity index (χ3v) is 2.87.